The second-order valence-electron chi connectivity index (χ2n) is 3.56. The second-order valence-corrected chi connectivity index (χ2v) is 4.26. The molecule has 5 nitrogen and oxygen atoms in total. The van der Waals surface area contributed by atoms with E-state index in [-0.39, 0.29) is 10.4 Å². The molecule has 0 atom stereocenters. The van der Waals surface area contributed by atoms with Crippen LogP contribution in [0.15, 0.2) is 6.33 Å². The number of fused-ring (bicyclic) bond motifs is 1. The molecule has 0 fully saturated rings. The van der Waals surface area contributed by atoms with Gasteiger partial charge in [0.25, 0.3) is 0 Å². The van der Waals surface area contributed by atoms with Gasteiger partial charge in [-0.15, -0.1) is 0 Å². The number of imidazole rings is 1. The molecule has 0 unspecified atom stereocenters. The summed E-state index contributed by atoms with van der Waals surface area (Å²) >= 11 is 11.7. The number of halogens is 2. The number of aromatic nitrogens is 4. The van der Waals surface area contributed by atoms with E-state index in [0.29, 0.717) is 24.5 Å². The lowest BCUT2D eigenvalue weighted by molar-refractivity contribution is 0.0773. The van der Waals surface area contributed by atoms with E-state index in [2.05, 4.69) is 21.9 Å². The summed E-state index contributed by atoms with van der Waals surface area (Å²) < 4.78 is 7.26. The quantitative estimate of drug-likeness (QED) is 0.478. The van der Waals surface area contributed by atoms with Gasteiger partial charge in [-0.05, 0) is 18.0 Å². The van der Waals surface area contributed by atoms with Gasteiger partial charge in [0.05, 0.1) is 6.33 Å². The van der Waals surface area contributed by atoms with Gasteiger partial charge in [-0.2, -0.15) is 4.98 Å². The van der Waals surface area contributed by atoms with E-state index in [0.717, 1.165) is 12.8 Å². The third-order valence-electron chi connectivity index (χ3n) is 2.28. The van der Waals surface area contributed by atoms with Crippen LogP contribution >= 0.6 is 23.2 Å². The molecule has 2 rings (SSSR count). The zero-order valence-electron chi connectivity index (χ0n) is 9.36. The van der Waals surface area contributed by atoms with E-state index in [1.807, 2.05) is 0 Å². The maximum atomic E-state index is 6.00. The SMILES string of the molecule is CCCCOCn1cnc2nc(Cl)nc(Cl)c21. The lowest BCUT2D eigenvalue weighted by Crippen LogP contribution is -2.03. The summed E-state index contributed by atoms with van der Waals surface area (Å²) in [5.74, 6) is 0. The van der Waals surface area contributed by atoms with Gasteiger partial charge in [0, 0.05) is 6.61 Å². The molecule has 0 saturated heterocycles. The molecule has 2 aromatic heterocycles. The molecule has 2 aromatic rings. The first-order valence-corrected chi connectivity index (χ1v) is 6.09. The first-order chi connectivity index (χ1) is 8.22. The topological polar surface area (TPSA) is 52.8 Å². The molecule has 0 aliphatic carbocycles. The fourth-order valence-electron chi connectivity index (χ4n) is 1.42. The molecule has 0 N–H and O–H groups in total. The average Bonchev–Trinajstić information content (AvgIpc) is 2.68. The van der Waals surface area contributed by atoms with Gasteiger partial charge in [-0.25, -0.2) is 9.97 Å². The normalized spacial score (nSPS) is 11.2. The van der Waals surface area contributed by atoms with Crippen molar-refractivity contribution in [3.05, 3.63) is 16.8 Å². The predicted molar refractivity (Wildman–Crippen MR) is 66.2 cm³/mol. The molecule has 0 aliphatic rings. The Morgan fingerprint density at radius 2 is 2.18 bits per heavy atom. The summed E-state index contributed by atoms with van der Waals surface area (Å²) in [6, 6.07) is 0. The van der Waals surface area contributed by atoms with Crippen LogP contribution in [0.5, 0.6) is 0 Å². The minimum Gasteiger partial charge on any atom is -0.361 e. The lowest BCUT2D eigenvalue weighted by Gasteiger charge is -2.05. The summed E-state index contributed by atoms with van der Waals surface area (Å²) in [5, 5.41) is 0.385. The first-order valence-electron chi connectivity index (χ1n) is 5.34. The summed E-state index contributed by atoms with van der Waals surface area (Å²) in [7, 11) is 0. The van der Waals surface area contributed by atoms with Gasteiger partial charge < -0.3 is 9.30 Å². The van der Waals surface area contributed by atoms with Crippen LogP contribution in [0.2, 0.25) is 10.4 Å². The van der Waals surface area contributed by atoms with E-state index in [9.17, 15) is 0 Å². The van der Waals surface area contributed by atoms with Gasteiger partial charge in [-0.1, -0.05) is 24.9 Å². The molecule has 0 radical (unpaired) electrons. The van der Waals surface area contributed by atoms with Crippen LogP contribution in [0.4, 0.5) is 0 Å². The highest BCUT2D eigenvalue weighted by Crippen LogP contribution is 2.21. The third kappa shape index (κ3) is 2.86. The van der Waals surface area contributed by atoms with E-state index in [1.54, 1.807) is 10.9 Å². The predicted octanol–water partition coefficient (Wildman–Crippen LogP) is 2.91. The number of nitrogens with zero attached hydrogens (tertiary/aromatic N) is 4. The Bertz CT molecular complexity index is 514. The Morgan fingerprint density at radius 3 is 2.94 bits per heavy atom. The van der Waals surface area contributed by atoms with Crippen molar-refractivity contribution in [1.29, 1.82) is 0 Å². The van der Waals surface area contributed by atoms with Crippen molar-refractivity contribution in [2.75, 3.05) is 6.61 Å². The third-order valence-corrected chi connectivity index (χ3v) is 2.71. The smallest absolute Gasteiger partial charge is 0.225 e. The summed E-state index contributed by atoms with van der Waals surface area (Å²) in [5.41, 5.74) is 1.13. The number of unbranched alkanes of at least 4 members (excludes halogenated alkanes) is 1. The lowest BCUT2D eigenvalue weighted by atomic mass is 10.4. The molecule has 0 aromatic carbocycles. The zero-order chi connectivity index (χ0) is 12.3. The number of ether oxygens (including phenoxy) is 1. The Balaban J connectivity index is 2.18. The molecule has 0 bridgehead atoms. The van der Waals surface area contributed by atoms with Gasteiger partial charge in [0.2, 0.25) is 5.28 Å². The average molecular weight is 275 g/mol. The van der Waals surface area contributed by atoms with Crippen molar-refractivity contribution in [3.63, 3.8) is 0 Å². The molecule has 0 spiro atoms. The standard InChI is InChI=1S/C10H12Cl2N4O/c1-2-3-4-17-6-16-5-13-9-7(16)8(11)14-10(12)15-9/h5H,2-4,6H2,1H3. The van der Waals surface area contributed by atoms with E-state index >= 15 is 0 Å². The van der Waals surface area contributed by atoms with Crippen molar-refractivity contribution in [2.24, 2.45) is 0 Å². The van der Waals surface area contributed by atoms with Crippen LogP contribution in [-0.4, -0.2) is 26.1 Å². The fourth-order valence-corrected chi connectivity index (χ4v) is 1.90. The maximum absolute atomic E-state index is 6.00. The number of hydrogen-bond donors (Lipinski definition) is 0. The number of rotatable bonds is 5. The van der Waals surface area contributed by atoms with Crippen LogP contribution in [0.3, 0.4) is 0 Å². The van der Waals surface area contributed by atoms with Crippen LogP contribution in [0.1, 0.15) is 19.8 Å². The van der Waals surface area contributed by atoms with E-state index in [4.69, 9.17) is 27.9 Å². The van der Waals surface area contributed by atoms with Gasteiger partial charge in [0.1, 0.15) is 12.2 Å². The monoisotopic (exact) mass is 274 g/mol. The van der Waals surface area contributed by atoms with E-state index < -0.39 is 0 Å². The molecule has 17 heavy (non-hydrogen) atoms. The molecular weight excluding hydrogens is 263 g/mol. The van der Waals surface area contributed by atoms with Crippen LogP contribution in [-0.2, 0) is 11.5 Å². The summed E-state index contributed by atoms with van der Waals surface area (Å²) in [6.07, 6.45) is 3.75. The van der Waals surface area contributed by atoms with Crippen molar-refractivity contribution in [1.82, 2.24) is 19.5 Å². The van der Waals surface area contributed by atoms with Crippen LogP contribution in [0.25, 0.3) is 11.2 Å². The minimum absolute atomic E-state index is 0.0969. The van der Waals surface area contributed by atoms with Crippen LogP contribution < -0.4 is 0 Å². The molecule has 0 saturated carbocycles. The fraction of sp³-hybridized carbons (Fsp3) is 0.500. The second kappa shape index (κ2) is 5.62. The zero-order valence-corrected chi connectivity index (χ0v) is 10.9. The van der Waals surface area contributed by atoms with E-state index in [1.165, 1.54) is 0 Å². The highest BCUT2D eigenvalue weighted by molar-refractivity contribution is 6.35. The number of hydrogen-bond acceptors (Lipinski definition) is 4. The Hall–Kier alpha value is -0.910. The molecule has 0 amide bonds. The summed E-state index contributed by atoms with van der Waals surface area (Å²) in [6.45, 7) is 3.21. The van der Waals surface area contributed by atoms with Gasteiger partial charge in [-0.3, -0.25) is 0 Å². The highest BCUT2D eigenvalue weighted by atomic mass is 35.5. The van der Waals surface area contributed by atoms with Crippen molar-refractivity contribution in [3.8, 4) is 0 Å². The molecule has 7 heteroatoms. The highest BCUT2D eigenvalue weighted by Gasteiger charge is 2.10. The Labute approximate surface area is 109 Å². The van der Waals surface area contributed by atoms with Crippen LogP contribution in [0, 0.1) is 0 Å². The molecule has 0 aliphatic heterocycles. The molecular formula is C10H12Cl2N4O. The van der Waals surface area contributed by atoms with Gasteiger partial charge in [0.15, 0.2) is 10.8 Å². The minimum atomic E-state index is 0.0969. The summed E-state index contributed by atoms with van der Waals surface area (Å²) in [4.78, 5) is 12.0. The molecule has 92 valence electrons. The molecule has 2 heterocycles. The maximum Gasteiger partial charge on any atom is 0.225 e. The largest absolute Gasteiger partial charge is 0.361 e. The van der Waals surface area contributed by atoms with Crippen molar-refractivity contribution in [2.45, 2.75) is 26.5 Å². The Kier molecular flexibility index (Phi) is 4.15. The first kappa shape index (κ1) is 12.5. The van der Waals surface area contributed by atoms with Crippen molar-refractivity contribution < 1.29 is 4.74 Å². The Morgan fingerprint density at radius 1 is 1.35 bits per heavy atom. The van der Waals surface area contributed by atoms with Gasteiger partial charge >= 0.3 is 0 Å². The van der Waals surface area contributed by atoms with Crippen molar-refractivity contribution >= 4 is 34.4 Å².